The van der Waals surface area contributed by atoms with E-state index in [0.29, 0.717) is 18.3 Å². The number of methoxy groups -OCH3 is 1. The molecule has 4 atom stereocenters. The van der Waals surface area contributed by atoms with Crippen molar-refractivity contribution in [3.63, 3.8) is 0 Å². The summed E-state index contributed by atoms with van der Waals surface area (Å²) in [5, 5.41) is 19.4. The summed E-state index contributed by atoms with van der Waals surface area (Å²) in [5.74, 6) is 0.00896. The fourth-order valence-corrected chi connectivity index (χ4v) is 2.35. The highest BCUT2D eigenvalue weighted by Crippen LogP contribution is 2.52. The molecule has 0 bridgehead atoms. The third kappa shape index (κ3) is 1.34. The molecule has 0 aromatic rings. The average Bonchev–Trinajstić information content (AvgIpc) is 2.82. The Morgan fingerprint density at radius 2 is 2.23 bits per heavy atom. The van der Waals surface area contributed by atoms with Gasteiger partial charge in [0, 0.05) is 6.42 Å². The molecule has 0 aromatic carbocycles. The van der Waals surface area contributed by atoms with Crippen LogP contribution in [0.15, 0.2) is 0 Å². The second-order valence-electron chi connectivity index (χ2n) is 4.16. The van der Waals surface area contributed by atoms with E-state index in [1.54, 1.807) is 0 Å². The Hall–Kier alpha value is -0.610. The van der Waals surface area contributed by atoms with E-state index < -0.39 is 17.7 Å². The number of hydrogen-bond acceptors (Lipinski definition) is 4. The summed E-state index contributed by atoms with van der Waals surface area (Å²) in [6.07, 6.45) is 0.964. The van der Waals surface area contributed by atoms with Gasteiger partial charge in [-0.3, -0.25) is 0 Å². The molecule has 13 heavy (non-hydrogen) atoms. The predicted molar refractivity (Wildman–Crippen MR) is 43.8 cm³/mol. The summed E-state index contributed by atoms with van der Waals surface area (Å²) in [5.41, 5.74) is -1.44. The lowest BCUT2D eigenvalue weighted by molar-refractivity contribution is -0.170. The molecule has 4 nitrogen and oxygen atoms in total. The molecule has 0 aliphatic heterocycles. The molecular weight excluding hydrogens is 172 g/mol. The van der Waals surface area contributed by atoms with Crippen LogP contribution in [0, 0.1) is 11.8 Å². The Morgan fingerprint density at radius 3 is 2.77 bits per heavy atom. The lowest BCUT2D eigenvalue weighted by Gasteiger charge is -2.31. The molecule has 0 saturated heterocycles. The summed E-state index contributed by atoms with van der Waals surface area (Å²) in [6, 6.07) is 0. The Bertz CT molecular complexity index is 240. The van der Waals surface area contributed by atoms with E-state index >= 15 is 0 Å². The van der Waals surface area contributed by atoms with Crippen LogP contribution >= 0.6 is 0 Å². The molecule has 2 N–H and O–H groups in total. The zero-order chi connectivity index (χ0) is 9.64. The van der Waals surface area contributed by atoms with E-state index in [0.717, 1.165) is 6.42 Å². The highest BCUT2D eigenvalue weighted by atomic mass is 16.5. The predicted octanol–water partition coefficient (Wildman–Crippen LogP) is -0.319. The van der Waals surface area contributed by atoms with Gasteiger partial charge in [0.25, 0.3) is 0 Å². The number of hydrogen-bond donors (Lipinski definition) is 2. The lowest BCUT2D eigenvalue weighted by Crippen LogP contribution is -2.46. The molecule has 0 radical (unpaired) electrons. The van der Waals surface area contributed by atoms with E-state index in [-0.39, 0.29) is 6.42 Å². The van der Waals surface area contributed by atoms with Crippen molar-refractivity contribution in [1.82, 2.24) is 0 Å². The number of esters is 1. The van der Waals surface area contributed by atoms with Crippen LogP contribution in [-0.2, 0) is 9.53 Å². The van der Waals surface area contributed by atoms with E-state index in [4.69, 9.17) is 0 Å². The minimum Gasteiger partial charge on any atom is -0.467 e. The molecule has 2 aliphatic carbocycles. The summed E-state index contributed by atoms with van der Waals surface area (Å²) in [6.45, 7) is 0. The first-order valence-corrected chi connectivity index (χ1v) is 4.56. The lowest BCUT2D eigenvalue weighted by atomic mass is 9.83. The average molecular weight is 186 g/mol. The Balaban J connectivity index is 2.10. The zero-order valence-corrected chi connectivity index (χ0v) is 7.56. The van der Waals surface area contributed by atoms with Crippen LogP contribution in [0.4, 0.5) is 0 Å². The first-order valence-electron chi connectivity index (χ1n) is 4.56. The Kier molecular flexibility index (Phi) is 1.85. The maximum atomic E-state index is 11.2. The minimum atomic E-state index is -1.44. The molecule has 2 saturated carbocycles. The highest BCUT2D eigenvalue weighted by Gasteiger charge is 2.56. The van der Waals surface area contributed by atoms with Crippen LogP contribution in [0.1, 0.15) is 19.3 Å². The van der Waals surface area contributed by atoms with Gasteiger partial charge in [-0.1, -0.05) is 0 Å². The topological polar surface area (TPSA) is 66.8 Å². The van der Waals surface area contributed by atoms with Crippen molar-refractivity contribution in [3.05, 3.63) is 0 Å². The van der Waals surface area contributed by atoms with Crippen LogP contribution in [0.5, 0.6) is 0 Å². The molecule has 1 unspecified atom stereocenters. The van der Waals surface area contributed by atoms with Crippen molar-refractivity contribution >= 4 is 5.97 Å². The van der Waals surface area contributed by atoms with E-state index in [1.807, 2.05) is 0 Å². The van der Waals surface area contributed by atoms with Gasteiger partial charge in [-0.05, 0) is 24.7 Å². The van der Waals surface area contributed by atoms with Gasteiger partial charge < -0.3 is 14.9 Å². The highest BCUT2D eigenvalue weighted by molar-refractivity contribution is 5.79. The molecule has 2 rings (SSSR count). The molecule has 0 aromatic heterocycles. The first kappa shape index (κ1) is 8.97. The Labute approximate surface area is 76.5 Å². The number of carbonyl (C=O) groups is 1. The van der Waals surface area contributed by atoms with Crippen molar-refractivity contribution in [3.8, 4) is 0 Å². The number of fused-ring (bicyclic) bond motifs is 1. The summed E-state index contributed by atoms with van der Waals surface area (Å²) >= 11 is 0. The number of carbonyl (C=O) groups excluding carboxylic acids is 1. The Morgan fingerprint density at radius 1 is 1.54 bits per heavy atom. The zero-order valence-electron chi connectivity index (χ0n) is 7.56. The molecule has 0 heterocycles. The summed E-state index contributed by atoms with van der Waals surface area (Å²) < 4.78 is 4.51. The van der Waals surface area contributed by atoms with Crippen molar-refractivity contribution in [1.29, 1.82) is 0 Å². The SMILES string of the molecule is COC(=O)[C@@]1(O)C[C@@H]2CC2[C@H](O)C1. The van der Waals surface area contributed by atoms with Crippen LogP contribution < -0.4 is 0 Å². The number of rotatable bonds is 1. The minimum absolute atomic E-state index is 0.126. The van der Waals surface area contributed by atoms with Gasteiger partial charge in [0.15, 0.2) is 5.60 Å². The van der Waals surface area contributed by atoms with Crippen LogP contribution in [0.3, 0.4) is 0 Å². The maximum absolute atomic E-state index is 11.2. The van der Waals surface area contributed by atoms with E-state index in [9.17, 15) is 15.0 Å². The van der Waals surface area contributed by atoms with Gasteiger partial charge >= 0.3 is 5.97 Å². The van der Waals surface area contributed by atoms with Gasteiger partial charge in [-0.2, -0.15) is 0 Å². The maximum Gasteiger partial charge on any atom is 0.337 e. The van der Waals surface area contributed by atoms with Gasteiger partial charge in [0.2, 0.25) is 0 Å². The monoisotopic (exact) mass is 186 g/mol. The largest absolute Gasteiger partial charge is 0.467 e. The van der Waals surface area contributed by atoms with Crippen molar-refractivity contribution in [2.75, 3.05) is 7.11 Å². The second kappa shape index (κ2) is 2.69. The van der Waals surface area contributed by atoms with E-state index in [2.05, 4.69) is 4.74 Å². The van der Waals surface area contributed by atoms with Crippen LogP contribution in [0.25, 0.3) is 0 Å². The molecule has 0 spiro atoms. The number of aliphatic hydroxyl groups is 2. The van der Waals surface area contributed by atoms with Crippen molar-refractivity contribution in [2.45, 2.75) is 31.0 Å². The van der Waals surface area contributed by atoms with Gasteiger partial charge in [0.05, 0.1) is 13.2 Å². The molecule has 2 aliphatic rings. The fourth-order valence-electron chi connectivity index (χ4n) is 2.35. The fraction of sp³-hybridized carbons (Fsp3) is 0.889. The van der Waals surface area contributed by atoms with Gasteiger partial charge in [-0.25, -0.2) is 4.79 Å². The smallest absolute Gasteiger partial charge is 0.337 e. The number of ether oxygens (including phenoxy) is 1. The van der Waals surface area contributed by atoms with Gasteiger partial charge in [0.1, 0.15) is 0 Å². The third-order valence-corrected chi connectivity index (χ3v) is 3.18. The van der Waals surface area contributed by atoms with Gasteiger partial charge in [-0.15, -0.1) is 0 Å². The molecule has 0 amide bonds. The second-order valence-corrected chi connectivity index (χ2v) is 4.16. The third-order valence-electron chi connectivity index (χ3n) is 3.18. The van der Waals surface area contributed by atoms with Crippen molar-refractivity contribution < 1.29 is 19.7 Å². The molecular formula is C9H14O4. The van der Waals surface area contributed by atoms with Crippen LogP contribution in [0.2, 0.25) is 0 Å². The van der Waals surface area contributed by atoms with Crippen molar-refractivity contribution in [2.24, 2.45) is 11.8 Å². The standard InChI is InChI=1S/C9H14O4/c1-13-8(11)9(12)3-5-2-6(5)7(10)4-9/h5-7,10,12H,2-4H2,1H3/t5-,6?,7+,9+/m0/s1. The number of aliphatic hydroxyl groups excluding tert-OH is 1. The normalized spacial score (nSPS) is 48.1. The quantitative estimate of drug-likeness (QED) is 0.551. The summed E-state index contributed by atoms with van der Waals surface area (Å²) in [4.78, 5) is 11.2. The molecule has 74 valence electrons. The molecule has 2 fully saturated rings. The molecule has 4 heteroatoms. The first-order chi connectivity index (χ1) is 6.07. The summed E-state index contributed by atoms with van der Waals surface area (Å²) in [7, 11) is 1.26. The van der Waals surface area contributed by atoms with Crippen LogP contribution in [-0.4, -0.2) is 35.0 Å². The van der Waals surface area contributed by atoms with E-state index in [1.165, 1.54) is 7.11 Å².